The van der Waals surface area contributed by atoms with Crippen molar-refractivity contribution < 1.29 is 24.5 Å². The average molecular weight is 346 g/mol. The first-order chi connectivity index (χ1) is 9.40. The Kier molecular flexibility index (Phi) is 6.47. The lowest BCUT2D eigenvalue weighted by molar-refractivity contribution is -0.147. The van der Waals surface area contributed by atoms with Gasteiger partial charge in [0, 0.05) is 17.4 Å². The minimum absolute atomic E-state index is 0.0495. The SMILES string of the molecule is CC(Oc1ccc(Br)cc1)C(=O)NCC[C@H](O)C(=O)O. The van der Waals surface area contributed by atoms with Crippen molar-refractivity contribution in [1.82, 2.24) is 5.32 Å². The topological polar surface area (TPSA) is 95.9 Å². The summed E-state index contributed by atoms with van der Waals surface area (Å²) in [4.78, 5) is 22.1. The molecule has 2 atom stereocenters. The van der Waals surface area contributed by atoms with E-state index in [9.17, 15) is 9.59 Å². The predicted molar refractivity (Wildman–Crippen MR) is 75.5 cm³/mol. The number of benzene rings is 1. The molecule has 1 aromatic rings. The molecule has 0 saturated carbocycles. The third-order valence-electron chi connectivity index (χ3n) is 2.50. The molecule has 7 heteroatoms. The maximum atomic E-state index is 11.7. The molecule has 0 radical (unpaired) electrons. The summed E-state index contributed by atoms with van der Waals surface area (Å²) >= 11 is 3.29. The second kappa shape index (κ2) is 7.86. The highest BCUT2D eigenvalue weighted by atomic mass is 79.9. The average Bonchev–Trinajstić information content (AvgIpc) is 2.40. The van der Waals surface area contributed by atoms with Gasteiger partial charge in [0.15, 0.2) is 12.2 Å². The molecule has 1 rings (SSSR count). The van der Waals surface area contributed by atoms with E-state index in [4.69, 9.17) is 14.9 Å². The first kappa shape index (κ1) is 16.5. The summed E-state index contributed by atoms with van der Waals surface area (Å²) in [6, 6.07) is 7.04. The van der Waals surface area contributed by atoms with Gasteiger partial charge in [-0.15, -0.1) is 0 Å². The zero-order valence-corrected chi connectivity index (χ0v) is 12.5. The third kappa shape index (κ3) is 5.58. The standard InChI is InChI=1S/C13H16BrNO5/c1-8(20-10-4-2-9(14)3-5-10)12(17)15-7-6-11(16)13(18)19/h2-5,8,11,16H,6-7H2,1H3,(H,15,17)(H,18,19)/t8?,11-/m0/s1. The Labute approximate surface area is 124 Å². The molecule has 1 amide bonds. The van der Waals surface area contributed by atoms with E-state index in [0.717, 1.165) is 4.47 Å². The van der Waals surface area contributed by atoms with Crippen LogP contribution in [0.1, 0.15) is 13.3 Å². The largest absolute Gasteiger partial charge is 0.481 e. The number of hydrogen-bond acceptors (Lipinski definition) is 4. The number of ether oxygens (including phenoxy) is 1. The van der Waals surface area contributed by atoms with Crippen LogP contribution in [0.2, 0.25) is 0 Å². The van der Waals surface area contributed by atoms with Gasteiger partial charge >= 0.3 is 5.97 Å². The molecular weight excluding hydrogens is 330 g/mol. The Morgan fingerprint density at radius 2 is 1.95 bits per heavy atom. The first-order valence-corrected chi connectivity index (χ1v) is 6.80. The lowest BCUT2D eigenvalue weighted by atomic mass is 10.2. The number of carboxylic acids is 1. The molecule has 3 N–H and O–H groups in total. The Morgan fingerprint density at radius 3 is 2.50 bits per heavy atom. The van der Waals surface area contributed by atoms with Gasteiger partial charge in [0.05, 0.1) is 0 Å². The molecule has 6 nitrogen and oxygen atoms in total. The van der Waals surface area contributed by atoms with Crippen LogP contribution in [0.25, 0.3) is 0 Å². The summed E-state index contributed by atoms with van der Waals surface area (Å²) in [6.07, 6.45) is -2.23. The van der Waals surface area contributed by atoms with E-state index in [2.05, 4.69) is 21.2 Å². The molecule has 0 saturated heterocycles. The predicted octanol–water partition coefficient (Wildman–Crippen LogP) is 1.17. The molecule has 1 unspecified atom stereocenters. The molecule has 0 spiro atoms. The van der Waals surface area contributed by atoms with Crippen LogP contribution >= 0.6 is 15.9 Å². The van der Waals surface area contributed by atoms with Gasteiger partial charge in [-0.2, -0.15) is 0 Å². The second-order valence-corrected chi connectivity index (χ2v) is 5.06. The van der Waals surface area contributed by atoms with Crippen LogP contribution in [0.15, 0.2) is 28.7 Å². The van der Waals surface area contributed by atoms with E-state index in [-0.39, 0.29) is 18.9 Å². The minimum Gasteiger partial charge on any atom is -0.481 e. The lowest BCUT2D eigenvalue weighted by Crippen LogP contribution is -2.38. The van der Waals surface area contributed by atoms with E-state index in [0.29, 0.717) is 5.75 Å². The van der Waals surface area contributed by atoms with Gasteiger partial charge in [-0.3, -0.25) is 4.79 Å². The Hall–Kier alpha value is -1.60. The molecule has 0 fully saturated rings. The molecule has 0 aliphatic heterocycles. The van der Waals surface area contributed by atoms with Gasteiger partial charge in [0.25, 0.3) is 5.91 Å². The molecule has 0 aliphatic carbocycles. The molecule has 0 aromatic heterocycles. The van der Waals surface area contributed by atoms with Crippen LogP contribution in [0.3, 0.4) is 0 Å². The Balaban J connectivity index is 2.35. The van der Waals surface area contributed by atoms with Crippen molar-refractivity contribution in [3.05, 3.63) is 28.7 Å². The number of halogens is 1. The Bertz CT molecular complexity index is 462. The van der Waals surface area contributed by atoms with Crippen molar-refractivity contribution in [2.75, 3.05) is 6.54 Å². The summed E-state index contributed by atoms with van der Waals surface area (Å²) in [5.74, 6) is -1.12. The first-order valence-electron chi connectivity index (χ1n) is 6.01. The maximum absolute atomic E-state index is 11.7. The van der Waals surface area contributed by atoms with E-state index in [1.165, 1.54) is 0 Å². The molecule has 0 heterocycles. The minimum atomic E-state index is -1.47. The summed E-state index contributed by atoms with van der Waals surface area (Å²) in [7, 11) is 0. The highest BCUT2D eigenvalue weighted by molar-refractivity contribution is 9.10. The van der Waals surface area contributed by atoms with Crippen molar-refractivity contribution in [1.29, 1.82) is 0 Å². The second-order valence-electron chi connectivity index (χ2n) is 4.15. The van der Waals surface area contributed by atoms with Gasteiger partial charge in [0.2, 0.25) is 0 Å². The number of nitrogens with one attached hydrogen (secondary N) is 1. The fourth-order valence-corrected chi connectivity index (χ4v) is 1.63. The highest BCUT2D eigenvalue weighted by Crippen LogP contribution is 2.17. The number of rotatable bonds is 7. The summed E-state index contributed by atoms with van der Waals surface area (Å²) < 4.78 is 6.33. The summed E-state index contributed by atoms with van der Waals surface area (Å²) in [6.45, 7) is 1.66. The van der Waals surface area contributed by atoms with E-state index in [1.807, 2.05) is 0 Å². The summed E-state index contributed by atoms with van der Waals surface area (Å²) in [5.41, 5.74) is 0. The van der Waals surface area contributed by atoms with E-state index < -0.39 is 18.2 Å². The number of carbonyl (C=O) groups excluding carboxylic acids is 1. The molecular formula is C13H16BrNO5. The van der Waals surface area contributed by atoms with E-state index in [1.54, 1.807) is 31.2 Å². The Morgan fingerprint density at radius 1 is 1.35 bits per heavy atom. The van der Waals surface area contributed by atoms with Gasteiger partial charge in [-0.05, 0) is 31.2 Å². The monoisotopic (exact) mass is 345 g/mol. The zero-order valence-electron chi connectivity index (χ0n) is 10.9. The van der Waals surface area contributed by atoms with Gasteiger partial charge < -0.3 is 20.3 Å². The van der Waals surface area contributed by atoms with E-state index >= 15 is 0 Å². The fourth-order valence-electron chi connectivity index (χ4n) is 1.37. The maximum Gasteiger partial charge on any atom is 0.332 e. The highest BCUT2D eigenvalue weighted by Gasteiger charge is 2.16. The number of hydrogen-bond donors (Lipinski definition) is 3. The van der Waals surface area contributed by atoms with Gasteiger partial charge in [0.1, 0.15) is 5.75 Å². The number of carbonyl (C=O) groups is 2. The summed E-state index contributed by atoms with van der Waals surface area (Å²) in [5, 5.41) is 20.0. The third-order valence-corrected chi connectivity index (χ3v) is 3.03. The van der Waals surface area contributed by atoms with Crippen LogP contribution in [-0.4, -0.2) is 40.8 Å². The number of aliphatic hydroxyl groups excluding tert-OH is 1. The molecule has 1 aromatic carbocycles. The number of amides is 1. The van der Waals surface area contributed by atoms with Crippen molar-refractivity contribution in [2.45, 2.75) is 25.6 Å². The molecule has 0 aliphatic rings. The molecule has 20 heavy (non-hydrogen) atoms. The smallest absolute Gasteiger partial charge is 0.332 e. The zero-order chi connectivity index (χ0) is 15.1. The van der Waals surface area contributed by atoms with Crippen molar-refractivity contribution in [3.63, 3.8) is 0 Å². The lowest BCUT2D eigenvalue weighted by Gasteiger charge is -2.15. The number of aliphatic carboxylic acids is 1. The quantitative estimate of drug-likeness (QED) is 0.689. The molecule has 0 bridgehead atoms. The number of carboxylic acid groups (broad SMARTS) is 1. The normalized spacial score (nSPS) is 13.3. The van der Waals surface area contributed by atoms with Gasteiger partial charge in [-0.1, -0.05) is 15.9 Å². The van der Waals surface area contributed by atoms with Crippen LogP contribution in [0.5, 0.6) is 5.75 Å². The number of aliphatic hydroxyl groups is 1. The van der Waals surface area contributed by atoms with Crippen molar-refractivity contribution >= 4 is 27.8 Å². The van der Waals surface area contributed by atoms with Crippen LogP contribution in [0.4, 0.5) is 0 Å². The van der Waals surface area contributed by atoms with Crippen molar-refractivity contribution in [3.8, 4) is 5.75 Å². The fraction of sp³-hybridized carbons (Fsp3) is 0.385. The van der Waals surface area contributed by atoms with Gasteiger partial charge in [-0.25, -0.2) is 4.79 Å². The van der Waals surface area contributed by atoms with Crippen molar-refractivity contribution in [2.24, 2.45) is 0 Å². The van der Waals surface area contributed by atoms with Crippen LogP contribution in [0, 0.1) is 0 Å². The van der Waals surface area contributed by atoms with Crippen LogP contribution in [-0.2, 0) is 9.59 Å². The van der Waals surface area contributed by atoms with Crippen LogP contribution < -0.4 is 10.1 Å². The molecule has 110 valence electrons.